The van der Waals surface area contributed by atoms with Crippen LogP contribution in [0.25, 0.3) is 11.3 Å². The van der Waals surface area contributed by atoms with Gasteiger partial charge in [-0.15, -0.1) is 16.8 Å². The van der Waals surface area contributed by atoms with Gasteiger partial charge in [0, 0.05) is 22.6 Å². The number of thioether (sulfide) groups is 1. The molecule has 0 amide bonds. The third-order valence-electron chi connectivity index (χ3n) is 3.94. The van der Waals surface area contributed by atoms with E-state index in [2.05, 4.69) is 27.1 Å². The van der Waals surface area contributed by atoms with Crippen LogP contribution in [0.4, 0.5) is 5.69 Å². The average molecular weight is 399 g/mol. The summed E-state index contributed by atoms with van der Waals surface area (Å²) in [6, 6.07) is 12.6. The molecule has 2 heterocycles. The Morgan fingerprint density at radius 3 is 2.93 bits per heavy atom. The molecular weight excluding hydrogens is 384 g/mol. The molecule has 0 spiro atoms. The number of nitrogens with zero attached hydrogens (tertiary/aromatic N) is 3. The highest BCUT2D eigenvalue weighted by Crippen LogP contribution is 2.40. The van der Waals surface area contributed by atoms with Gasteiger partial charge in [-0.25, -0.2) is 0 Å². The first-order chi connectivity index (χ1) is 13.2. The molecule has 0 unspecified atom stereocenters. The topological polar surface area (TPSA) is 80.2 Å². The maximum absolute atomic E-state index is 9.70. The van der Waals surface area contributed by atoms with Crippen LogP contribution in [-0.4, -0.2) is 26.0 Å². The van der Waals surface area contributed by atoms with E-state index in [1.807, 2.05) is 24.3 Å². The number of hydrogen-bond acceptors (Lipinski definition) is 7. The van der Waals surface area contributed by atoms with Crippen LogP contribution in [0.15, 0.2) is 60.3 Å². The highest BCUT2D eigenvalue weighted by Gasteiger charge is 2.26. The van der Waals surface area contributed by atoms with Crippen molar-refractivity contribution in [1.29, 1.82) is 0 Å². The number of halogens is 1. The van der Waals surface area contributed by atoms with Crippen molar-refractivity contribution in [3.8, 4) is 22.9 Å². The molecule has 6 nitrogen and oxygen atoms in total. The van der Waals surface area contributed by atoms with Gasteiger partial charge in [-0.05, 0) is 24.3 Å². The zero-order chi connectivity index (χ0) is 18.8. The average Bonchev–Trinajstić information content (AvgIpc) is 2.85. The van der Waals surface area contributed by atoms with E-state index >= 15 is 0 Å². The van der Waals surface area contributed by atoms with Gasteiger partial charge in [-0.2, -0.15) is 4.98 Å². The molecule has 0 aliphatic carbocycles. The molecule has 1 aliphatic rings. The summed E-state index contributed by atoms with van der Waals surface area (Å²) in [7, 11) is 0. The molecule has 8 heteroatoms. The minimum atomic E-state index is -0.556. The molecule has 2 aromatic carbocycles. The molecule has 1 atom stereocenters. The van der Waals surface area contributed by atoms with Crippen molar-refractivity contribution in [2.24, 2.45) is 0 Å². The molecule has 3 aromatic rings. The van der Waals surface area contributed by atoms with Crippen LogP contribution in [-0.2, 0) is 0 Å². The Balaban J connectivity index is 1.80. The number of aromatic hydroxyl groups is 1. The van der Waals surface area contributed by atoms with Crippen LogP contribution in [0, 0.1) is 0 Å². The number of anilines is 1. The molecule has 0 bridgehead atoms. The van der Waals surface area contributed by atoms with Crippen LogP contribution in [0.5, 0.6) is 11.6 Å². The van der Waals surface area contributed by atoms with Crippen LogP contribution in [0.3, 0.4) is 0 Å². The Morgan fingerprint density at radius 2 is 2.11 bits per heavy atom. The van der Waals surface area contributed by atoms with E-state index in [-0.39, 0.29) is 10.8 Å². The molecule has 27 heavy (non-hydrogen) atoms. The standard InChI is InChI=1S/C19H15ClN4O2S/c1-2-9-27-19-22-18-16(23-24-19)12-5-3-4-6-14(12)21-17(26-18)11-7-8-15(25)13(20)10-11/h2-8,10,17,21,25H,1,9H2/t17-/m0/s1. The minimum absolute atomic E-state index is 0.0157. The highest BCUT2D eigenvalue weighted by atomic mass is 35.5. The molecule has 0 saturated heterocycles. The first kappa shape index (κ1) is 17.6. The van der Waals surface area contributed by atoms with Gasteiger partial charge in [-0.3, -0.25) is 0 Å². The Labute approximate surface area is 165 Å². The van der Waals surface area contributed by atoms with E-state index in [1.54, 1.807) is 18.2 Å². The number of rotatable bonds is 4. The highest BCUT2D eigenvalue weighted by molar-refractivity contribution is 7.99. The van der Waals surface area contributed by atoms with Crippen molar-refractivity contribution in [2.75, 3.05) is 11.1 Å². The van der Waals surface area contributed by atoms with E-state index in [1.165, 1.54) is 17.8 Å². The third-order valence-corrected chi connectivity index (χ3v) is 5.07. The molecule has 1 aliphatic heterocycles. The molecule has 4 rings (SSSR count). The van der Waals surface area contributed by atoms with Crippen molar-refractivity contribution in [3.05, 3.63) is 65.7 Å². The summed E-state index contributed by atoms with van der Waals surface area (Å²) < 4.78 is 6.14. The van der Waals surface area contributed by atoms with E-state index in [4.69, 9.17) is 16.3 Å². The number of aromatic nitrogens is 3. The van der Waals surface area contributed by atoms with E-state index in [0.29, 0.717) is 22.5 Å². The Morgan fingerprint density at radius 1 is 1.26 bits per heavy atom. The Bertz CT molecular complexity index is 1010. The minimum Gasteiger partial charge on any atom is -0.506 e. The summed E-state index contributed by atoms with van der Waals surface area (Å²) in [6.07, 6.45) is 1.22. The fourth-order valence-electron chi connectivity index (χ4n) is 2.68. The number of nitrogens with one attached hydrogen (secondary N) is 1. The first-order valence-electron chi connectivity index (χ1n) is 8.15. The lowest BCUT2D eigenvalue weighted by atomic mass is 10.1. The van der Waals surface area contributed by atoms with Crippen molar-refractivity contribution in [3.63, 3.8) is 0 Å². The van der Waals surface area contributed by atoms with Crippen molar-refractivity contribution < 1.29 is 9.84 Å². The smallest absolute Gasteiger partial charge is 0.247 e. The molecule has 0 saturated carbocycles. The van der Waals surface area contributed by atoms with Crippen molar-refractivity contribution in [2.45, 2.75) is 11.4 Å². The number of fused-ring (bicyclic) bond motifs is 3. The lowest BCUT2D eigenvalue weighted by molar-refractivity contribution is 0.225. The largest absolute Gasteiger partial charge is 0.506 e. The zero-order valence-electron chi connectivity index (χ0n) is 14.1. The molecule has 0 fully saturated rings. The van der Waals surface area contributed by atoms with Crippen molar-refractivity contribution >= 4 is 29.1 Å². The fourth-order valence-corrected chi connectivity index (χ4v) is 3.38. The Hall–Kier alpha value is -2.77. The number of benzene rings is 2. The maximum Gasteiger partial charge on any atom is 0.247 e. The van der Waals surface area contributed by atoms with Gasteiger partial charge in [0.2, 0.25) is 11.0 Å². The summed E-state index contributed by atoms with van der Waals surface area (Å²) in [4.78, 5) is 4.52. The van der Waals surface area contributed by atoms with E-state index in [9.17, 15) is 5.11 Å². The zero-order valence-corrected chi connectivity index (χ0v) is 15.7. The van der Waals surface area contributed by atoms with Crippen LogP contribution < -0.4 is 10.1 Å². The Kier molecular flexibility index (Phi) is 4.87. The van der Waals surface area contributed by atoms with E-state index < -0.39 is 6.23 Å². The van der Waals surface area contributed by atoms with Gasteiger partial charge in [0.15, 0.2) is 11.9 Å². The summed E-state index contributed by atoms with van der Waals surface area (Å²) in [5.74, 6) is 1.07. The second-order valence-corrected chi connectivity index (χ2v) is 7.14. The SMILES string of the molecule is C=CCSc1nnc2c(n1)O[C@@H](c1ccc(O)c(Cl)c1)Nc1ccccc1-2. The van der Waals surface area contributed by atoms with Gasteiger partial charge in [0.1, 0.15) is 5.75 Å². The van der Waals surface area contributed by atoms with Crippen LogP contribution in [0.1, 0.15) is 11.8 Å². The van der Waals surface area contributed by atoms with Gasteiger partial charge in [0.25, 0.3) is 0 Å². The number of para-hydroxylation sites is 1. The normalized spacial score (nSPS) is 14.9. The summed E-state index contributed by atoms with van der Waals surface area (Å²) >= 11 is 7.50. The number of hydrogen-bond donors (Lipinski definition) is 2. The first-order valence-corrected chi connectivity index (χ1v) is 9.51. The predicted octanol–water partition coefficient (Wildman–Crippen LogP) is 4.68. The second-order valence-electron chi connectivity index (χ2n) is 5.75. The van der Waals surface area contributed by atoms with Gasteiger partial charge in [0.05, 0.1) is 5.02 Å². The lowest BCUT2D eigenvalue weighted by Crippen LogP contribution is -2.17. The molecule has 136 valence electrons. The van der Waals surface area contributed by atoms with E-state index in [0.717, 1.165) is 16.8 Å². The molecule has 0 radical (unpaired) electrons. The number of phenolic OH excluding ortho intramolecular Hbond substituents is 1. The summed E-state index contributed by atoms with van der Waals surface area (Å²) in [6.45, 7) is 3.70. The predicted molar refractivity (Wildman–Crippen MR) is 106 cm³/mol. The number of phenols is 1. The second kappa shape index (κ2) is 7.46. The molecular formula is C19H15ClN4O2S. The lowest BCUT2D eigenvalue weighted by Gasteiger charge is -2.19. The summed E-state index contributed by atoms with van der Waals surface area (Å²) in [5, 5.41) is 22.3. The fraction of sp³-hybridized carbons (Fsp3) is 0.105. The molecule has 2 N–H and O–H groups in total. The summed E-state index contributed by atoms with van der Waals surface area (Å²) in [5.41, 5.74) is 3.00. The van der Waals surface area contributed by atoms with Crippen LogP contribution in [0.2, 0.25) is 5.02 Å². The maximum atomic E-state index is 9.70. The van der Waals surface area contributed by atoms with Gasteiger partial charge < -0.3 is 15.2 Å². The molecule has 1 aromatic heterocycles. The van der Waals surface area contributed by atoms with Gasteiger partial charge in [-0.1, -0.05) is 47.6 Å². The van der Waals surface area contributed by atoms with Crippen molar-refractivity contribution in [1.82, 2.24) is 15.2 Å². The van der Waals surface area contributed by atoms with Gasteiger partial charge >= 0.3 is 0 Å². The number of ether oxygens (including phenoxy) is 1. The quantitative estimate of drug-likeness (QED) is 0.487. The monoisotopic (exact) mass is 398 g/mol. The van der Waals surface area contributed by atoms with Crippen LogP contribution >= 0.6 is 23.4 Å². The third kappa shape index (κ3) is 3.56.